The van der Waals surface area contributed by atoms with Crippen molar-refractivity contribution in [2.75, 3.05) is 26.5 Å². The van der Waals surface area contributed by atoms with Gasteiger partial charge in [-0.1, -0.05) is 0 Å². The van der Waals surface area contributed by atoms with E-state index in [0.717, 1.165) is 15.6 Å². The van der Waals surface area contributed by atoms with E-state index in [1.54, 1.807) is 11.4 Å². The molecular weight excluding hydrogens is 352 g/mol. The fraction of sp³-hybridized carbons (Fsp3) is 0.200. The van der Waals surface area contributed by atoms with Gasteiger partial charge in [0, 0.05) is 19.7 Å². The quantitative estimate of drug-likeness (QED) is 0.815. The van der Waals surface area contributed by atoms with Crippen LogP contribution < -0.4 is 5.32 Å². The first-order valence-corrected chi connectivity index (χ1v) is 9.09. The molecular formula is C15H16N2O5S2. The predicted molar refractivity (Wildman–Crippen MR) is 90.9 cm³/mol. The second-order valence-electron chi connectivity index (χ2n) is 4.92. The number of hydrogen-bond donors (Lipinski definition) is 1. The largest absolute Gasteiger partial charge is 0.465 e. The lowest BCUT2D eigenvalue weighted by Gasteiger charge is -2.11. The number of ether oxygens (including phenoxy) is 1. The maximum atomic E-state index is 12.3. The number of amides is 1. The maximum Gasteiger partial charge on any atom is 0.350 e. The molecule has 0 aliphatic carbocycles. The third-order valence-corrected chi connectivity index (χ3v) is 5.90. The van der Waals surface area contributed by atoms with Crippen LogP contribution in [0.1, 0.15) is 20.0 Å². The summed E-state index contributed by atoms with van der Waals surface area (Å²) in [5, 5.41) is 4.28. The summed E-state index contributed by atoms with van der Waals surface area (Å²) in [6.07, 6.45) is 0. The number of carbonyl (C=O) groups is 2. The summed E-state index contributed by atoms with van der Waals surface area (Å²) in [6.45, 7) is 0. The lowest BCUT2D eigenvalue weighted by molar-refractivity contribution is 0.0607. The zero-order valence-corrected chi connectivity index (χ0v) is 14.9. The Kier molecular flexibility index (Phi) is 5.37. The Morgan fingerprint density at radius 3 is 2.29 bits per heavy atom. The van der Waals surface area contributed by atoms with Crippen molar-refractivity contribution in [1.82, 2.24) is 4.31 Å². The van der Waals surface area contributed by atoms with Gasteiger partial charge in [-0.25, -0.2) is 17.5 Å². The summed E-state index contributed by atoms with van der Waals surface area (Å²) < 4.78 is 29.7. The normalized spacial score (nSPS) is 11.3. The second kappa shape index (κ2) is 7.12. The molecule has 1 heterocycles. The van der Waals surface area contributed by atoms with Gasteiger partial charge < -0.3 is 10.1 Å². The number of sulfonamides is 1. The summed E-state index contributed by atoms with van der Waals surface area (Å²) in [4.78, 5) is 24.2. The molecule has 0 atom stereocenters. The van der Waals surface area contributed by atoms with Crippen molar-refractivity contribution in [3.63, 3.8) is 0 Å². The predicted octanol–water partition coefficient (Wildman–Crippen LogP) is 2.04. The van der Waals surface area contributed by atoms with E-state index in [-0.39, 0.29) is 15.3 Å². The molecule has 0 saturated heterocycles. The summed E-state index contributed by atoms with van der Waals surface area (Å²) in [6, 6.07) is 7.14. The minimum Gasteiger partial charge on any atom is -0.465 e. The zero-order valence-electron chi connectivity index (χ0n) is 13.3. The summed E-state index contributed by atoms with van der Waals surface area (Å²) in [5.41, 5.74) is 0.622. The molecule has 2 rings (SSSR count). The van der Waals surface area contributed by atoms with E-state index in [0.29, 0.717) is 5.69 Å². The van der Waals surface area contributed by atoms with Crippen LogP contribution in [0.15, 0.2) is 40.6 Å². The Morgan fingerprint density at radius 2 is 1.75 bits per heavy atom. The molecule has 0 radical (unpaired) electrons. The van der Waals surface area contributed by atoms with E-state index in [9.17, 15) is 18.0 Å². The van der Waals surface area contributed by atoms with Crippen LogP contribution in [-0.2, 0) is 14.8 Å². The first kappa shape index (κ1) is 18.1. The van der Waals surface area contributed by atoms with Gasteiger partial charge in [0.05, 0.1) is 17.7 Å². The van der Waals surface area contributed by atoms with E-state index < -0.39 is 21.9 Å². The van der Waals surface area contributed by atoms with E-state index >= 15 is 0 Å². The Labute approximate surface area is 143 Å². The number of carbonyl (C=O) groups excluding carboxylic acids is 2. The van der Waals surface area contributed by atoms with Crippen molar-refractivity contribution in [2.24, 2.45) is 0 Å². The number of rotatable bonds is 5. The molecule has 0 saturated carbocycles. The van der Waals surface area contributed by atoms with Gasteiger partial charge in [0.25, 0.3) is 5.91 Å². The van der Waals surface area contributed by atoms with Gasteiger partial charge in [-0.15, -0.1) is 11.3 Å². The van der Waals surface area contributed by atoms with Crippen molar-refractivity contribution in [1.29, 1.82) is 0 Å². The van der Waals surface area contributed by atoms with Gasteiger partial charge in [0.1, 0.15) is 4.88 Å². The average molecular weight is 368 g/mol. The Balaban J connectivity index is 2.20. The minimum atomic E-state index is -3.55. The Morgan fingerprint density at radius 1 is 1.12 bits per heavy atom. The van der Waals surface area contributed by atoms with Crippen molar-refractivity contribution in [3.05, 3.63) is 46.2 Å². The molecule has 0 aliphatic rings. The lowest BCUT2D eigenvalue weighted by atomic mass is 10.2. The monoisotopic (exact) mass is 368 g/mol. The molecule has 9 heteroatoms. The van der Waals surface area contributed by atoms with Crippen molar-refractivity contribution in [3.8, 4) is 0 Å². The first-order valence-electron chi connectivity index (χ1n) is 6.77. The molecule has 0 fully saturated rings. The Bertz CT molecular complexity index is 854. The van der Waals surface area contributed by atoms with Crippen LogP contribution in [0.3, 0.4) is 0 Å². The number of nitrogens with one attached hydrogen (secondary N) is 1. The van der Waals surface area contributed by atoms with E-state index in [2.05, 4.69) is 10.1 Å². The molecule has 128 valence electrons. The number of benzene rings is 1. The number of thiophene rings is 1. The van der Waals surface area contributed by atoms with Gasteiger partial charge in [0.2, 0.25) is 10.0 Å². The molecule has 0 spiro atoms. The topological polar surface area (TPSA) is 92.8 Å². The molecule has 2 aromatic rings. The smallest absolute Gasteiger partial charge is 0.350 e. The minimum absolute atomic E-state index is 0.0924. The summed E-state index contributed by atoms with van der Waals surface area (Å²) >= 11 is 1.15. The third-order valence-electron chi connectivity index (χ3n) is 3.18. The molecule has 1 aromatic carbocycles. The van der Waals surface area contributed by atoms with Crippen LogP contribution in [0.5, 0.6) is 0 Å². The van der Waals surface area contributed by atoms with Gasteiger partial charge in [-0.05, 0) is 35.7 Å². The molecule has 1 aromatic heterocycles. The van der Waals surface area contributed by atoms with Crippen LogP contribution in [0.2, 0.25) is 0 Å². The summed E-state index contributed by atoms with van der Waals surface area (Å²) in [5.74, 6) is -0.986. The molecule has 0 unspecified atom stereocenters. The standard InChI is InChI=1S/C15H16N2O5S2/c1-17(2)24(20,21)11-6-4-10(5-7-11)14(18)16-12-8-9-23-13(12)15(19)22-3/h4-9H,1-3H3,(H,16,18). The molecule has 7 nitrogen and oxygen atoms in total. The van der Waals surface area contributed by atoms with E-state index in [1.165, 1.54) is 45.5 Å². The van der Waals surface area contributed by atoms with Gasteiger partial charge >= 0.3 is 5.97 Å². The number of nitrogens with zero attached hydrogens (tertiary/aromatic N) is 1. The maximum absolute atomic E-state index is 12.3. The van der Waals surface area contributed by atoms with Gasteiger partial charge in [0.15, 0.2) is 0 Å². The van der Waals surface area contributed by atoms with Gasteiger partial charge in [-0.2, -0.15) is 0 Å². The highest BCUT2D eigenvalue weighted by molar-refractivity contribution is 7.89. The number of esters is 1. The van der Waals surface area contributed by atoms with E-state index in [4.69, 9.17) is 0 Å². The fourth-order valence-corrected chi connectivity index (χ4v) is 3.51. The second-order valence-corrected chi connectivity index (χ2v) is 7.99. The lowest BCUT2D eigenvalue weighted by Crippen LogP contribution is -2.22. The fourth-order valence-electron chi connectivity index (χ4n) is 1.84. The first-order chi connectivity index (χ1) is 11.3. The zero-order chi connectivity index (χ0) is 17.9. The molecule has 0 bridgehead atoms. The number of hydrogen-bond acceptors (Lipinski definition) is 6. The van der Waals surface area contributed by atoms with Crippen LogP contribution >= 0.6 is 11.3 Å². The average Bonchev–Trinajstić information content (AvgIpc) is 3.02. The van der Waals surface area contributed by atoms with Gasteiger partial charge in [-0.3, -0.25) is 4.79 Å². The molecule has 1 N–H and O–H groups in total. The summed E-state index contributed by atoms with van der Waals surface area (Å²) in [7, 11) is 0.576. The number of methoxy groups -OCH3 is 1. The highest BCUT2D eigenvalue weighted by Gasteiger charge is 2.19. The molecule has 1 amide bonds. The van der Waals surface area contributed by atoms with Crippen LogP contribution in [-0.4, -0.2) is 45.8 Å². The van der Waals surface area contributed by atoms with Crippen LogP contribution in [0.4, 0.5) is 5.69 Å². The molecule has 24 heavy (non-hydrogen) atoms. The van der Waals surface area contributed by atoms with Crippen molar-refractivity contribution >= 4 is 38.9 Å². The van der Waals surface area contributed by atoms with Crippen LogP contribution in [0.25, 0.3) is 0 Å². The SMILES string of the molecule is COC(=O)c1sccc1NC(=O)c1ccc(S(=O)(=O)N(C)C)cc1. The highest BCUT2D eigenvalue weighted by atomic mass is 32.2. The third kappa shape index (κ3) is 3.64. The van der Waals surface area contributed by atoms with Crippen LogP contribution in [0, 0.1) is 0 Å². The van der Waals surface area contributed by atoms with Crippen molar-refractivity contribution in [2.45, 2.75) is 4.90 Å². The Hall–Kier alpha value is -2.23. The molecule has 0 aliphatic heterocycles. The van der Waals surface area contributed by atoms with E-state index in [1.807, 2.05) is 0 Å². The number of anilines is 1. The highest BCUT2D eigenvalue weighted by Crippen LogP contribution is 2.24. The van der Waals surface area contributed by atoms with Crippen molar-refractivity contribution < 1.29 is 22.7 Å².